The SMILES string of the molecule is CCC(C)N(C)CCNC(=O)c1ccc2nc(N)sc2c1. The van der Waals surface area contributed by atoms with Crippen molar-refractivity contribution in [1.29, 1.82) is 0 Å². The van der Waals surface area contributed by atoms with Crippen LogP contribution in [0, 0.1) is 0 Å². The highest BCUT2D eigenvalue weighted by Crippen LogP contribution is 2.24. The maximum atomic E-state index is 12.1. The fraction of sp³-hybridized carbons (Fsp3) is 0.467. The predicted molar refractivity (Wildman–Crippen MR) is 88.7 cm³/mol. The van der Waals surface area contributed by atoms with Crippen LogP contribution in [0.15, 0.2) is 18.2 Å². The summed E-state index contributed by atoms with van der Waals surface area (Å²) in [7, 11) is 2.08. The first kappa shape index (κ1) is 15.7. The van der Waals surface area contributed by atoms with Crippen LogP contribution in [0.25, 0.3) is 10.2 Å². The lowest BCUT2D eigenvalue weighted by atomic mass is 10.2. The first-order chi connectivity index (χ1) is 10.0. The maximum Gasteiger partial charge on any atom is 0.251 e. The van der Waals surface area contributed by atoms with E-state index in [1.807, 2.05) is 12.1 Å². The van der Waals surface area contributed by atoms with E-state index in [9.17, 15) is 4.79 Å². The van der Waals surface area contributed by atoms with Crippen LogP contribution in [-0.2, 0) is 0 Å². The molecule has 1 amide bonds. The molecule has 1 atom stereocenters. The van der Waals surface area contributed by atoms with Gasteiger partial charge >= 0.3 is 0 Å². The number of carbonyl (C=O) groups excluding carboxylic acids is 1. The van der Waals surface area contributed by atoms with Gasteiger partial charge in [0, 0.05) is 24.7 Å². The van der Waals surface area contributed by atoms with Gasteiger partial charge in [-0.2, -0.15) is 0 Å². The maximum absolute atomic E-state index is 12.1. The van der Waals surface area contributed by atoms with Gasteiger partial charge in [0.05, 0.1) is 10.2 Å². The number of fused-ring (bicyclic) bond motifs is 1. The number of carbonyl (C=O) groups is 1. The minimum atomic E-state index is -0.0542. The molecule has 114 valence electrons. The van der Waals surface area contributed by atoms with Crippen molar-refractivity contribution >= 4 is 32.6 Å². The summed E-state index contributed by atoms with van der Waals surface area (Å²) in [5.41, 5.74) is 7.16. The third-order valence-electron chi connectivity index (χ3n) is 3.76. The molecule has 0 fully saturated rings. The van der Waals surface area contributed by atoms with E-state index in [4.69, 9.17) is 5.73 Å². The number of benzene rings is 1. The van der Waals surface area contributed by atoms with E-state index < -0.39 is 0 Å². The minimum Gasteiger partial charge on any atom is -0.375 e. The molecular weight excluding hydrogens is 284 g/mol. The molecule has 0 bridgehead atoms. The Morgan fingerprint density at radius 2 is 2.29 bits per heavy atom. The summed E-state index contributed by atoms with van der Waals surface area (Å²) in [4.78, 5) is 18.6. The normalized spacial score (nSPS) is 12.8. The van der Waals surface area contributed by atoms with E-state index in [1.165, 1.54) is 11.3 Å². The molecule has 6 heteroatoms. The monoisotopic (exact) mass is 306 g/mol. The van der Waals surface area contributed by atoms with Crippen molar-refractivity contribution in [2.75, 3.05) is 25.9 Å². The van der Waals surface area contributed by atoms with Crippen molar-refractivity contribution in [2.24, 2.45) is 0 Å². The highest BCUT2D eigenvalue weighted by molar-refractivity contribution is 7.22. The van der Waals surface area contributed by atoms with Crippen molar-refractivity contribution in [2.45, 2.75) is 26.3 Å². The molecule has 2 aromatic rings. The molecule has 2 rings (SSSR count). The fourth-order valence-electron chi connectivity index (χ4n) is 2.06. The Morgan fingerprint density at radius 3 is 3.00 bits per heavy atom. The number of thiazole rings is 1. The number of nitrogens with one attached hydrogen (secondary N) is 1. The summed E-state index contributed by atoms with van der Waals surface area (Å²) >= 11 is 1.40. The number of likely N-dealkylation sites (N-methyl/N-ethyl adjacent to an activating group) is 1. The molecule has 0 saturated heterocycles. The van der Waals surface area contributed by atoms with E-state index in [0.717, 1.165) is 23.2 Å². The van der Waals surface area contributed by atoms with Gasteiger partial charge in [-0.3, -0.25) is 4.79 Å². The lowest BCUT2D eigenvalue weighted by Gasteiger charge is -2.23. The quantitative estimate of drug-likeness (QED) is 0.859. The second-order valence-corrected chi connectivity index (χ2v) is 6.29. The molecule has 0 aliphatic carbocycles. The highest BCUT2D eigenvalue weighted by Gasteiger charge is 2.10. The molecule has 0 aliphatic heterocycles. The Kier molecular flexibility index (Phi) is 5.14. The number of nitrogens with zero attached hydrogens (tertiary/aromatic N) is 2. The number of aromatic nitrogens is 1. The van der Waals surface area contributed by atoms with E-state index in [1.54, 1.807) is 6.07 Å². The molecule has 1 aromatic heterocycles. The largest absolute Gasteiger partial charge is 0.375 e. The average molecular weight is 306 g/mol. The van der Waals surface area contributed by atoms with Gasteiger partial charge in [0.1, 0.15) is 0 Å². The number of nitrogens with two attached hydrogens (primary N) is 1. The van der Waals surface area contributed by atoms with Crippen molar-refractivity contribution in [1.82, 2.24) is 15.2 Å². The van der Waals surface area contributed by atoms with Crippen LogP contribution >= 0.6 is 11.3 Å². The number of anilines is 1. The molecule has 1 unspecified atom stereocenters. The zero-order chi connectivity index (χ0) is 15.4. The summed E-state index contributed by atoms with van der Waals surface area (Å²) in [5.74, 6) is -0.0542. The summed E-state index contributed by atoms with van der Waals surface area (Å²) in [5, 5.41) is 3.48. The lowest BCUT2D eigenvalue weighted by Crippen LogP contribution is -2.37. The summed E-state index contributed by atoms with van der Waals surface area (Å²) in [6, 6.07) is 5.99. The predicted octanol–water partition coefficient (Wildman–Crippen LogP) is 2.34. The first-order valence-corrected chi connectivity index (χ1v) is 7.97. The summed E-state index contributed by atoms with van der Waals surface area (Å²) < 4.78 is 0.942. The Hall–Kier alpha value is -1.66. The number of nitrogen functional groups attached to an aromatic ring is 1. The zero-order valence-electron chi connectivity index (χ0n) is 12.7. The molecule has 1 heterocycles. The van der Waals surface area contributed by atoms with Crippen molar-refractivity contribution in [3.05, 3.63) is 23.8 Å². The van der Waals surface area contributed by atoms with Gasteiger partial charge in [-0.25, -0.2) is 4.98 Å². The second kappa shape index (κ2) is 6.87. The van der Waals surface area contributed by atoms with Crippen LogP contribution in [0.4, 0.5) is 5.13 Å². The van der Waals surface area contributed by atoms with Gasteiger partial charge < -0.3 is 16.0 Å². The summed E-state index contributed by atoms with van der Waals surface area (Å²) in [6.07, 6.45) is 1.11. The minimum absolute atomic E-state index is 0.0542. The number of hydrogen-bond acceptors (Lipinski definition) is 5. The van der Waals surface area contributed by atoms with E-state index in [-0.39, 0.29) is 5.91 Å². The number of rotatable bonds is 6. The van der Waals surface area contributed by atoms with Crippen LogP contribution in [0.1, 0.15) is 30.6 Å². The Labute approximate surface area is 129 Å². The van der Waals surface area contributed by atoms with Gasteiger partial charge in [-0.15, -0.1) is 0 Å². The average Bonchev–Trinajstić information content (AvgIpc) is 2.84. The molecular formula is C15H22N4OS. The fourth-order valence-corrected chi connectivity index (χ4v) is 2.84. The molecule has 0 spiro atoms. The van der Waals surface area contributed by atoms with Gasteiger partial charge in [0.2, 0.25) is 0 Å². The van der Waals surface area contributed by atoms with Crippen LogP contribution in [-0.4, -0.2) is 42.0 Å². The molecule has 0 saturated carbocycles. The highest BCUT2D eigenvalue weighted by atomic mass is 32.1. The molecule has 21 heavy (non-hydrogen) atoms. The number of hydrogen-bond donors (Lipinski definition) is 2. The standard InChI is InChI=1S/C15H22N4OS/c1-4-10(2)19(3)8-7-17-14(20)11-5-6-12-13(9-11)21-15(16)18-12/h5-6,9-10H,4,7-8H2,1-3H3,(H2,16,18)(H,17,20). The first-order valence-electron chi connectivity index (χ1n) is 7.15. The Bertz CT molecular complexity index is 625. The van der Waals surface area contributed by atoms with Crippen molar-refractivity contribution < 1.29 is 4.79 Å². The van der Waals surface area contributed by atoms with Crippen LogP contribution in [0.3, 0.4) is 0 Å². The molecule has 5 nitrogen and oxygen atoms in total. The van der Waals surface area contributed by atoms with Gasteiger partial charge in [-0.05, 0) is 38.6 Å². The van der Waals surface area contributed by atoms with Crippen LogP contribution in [0.2, 0.25) is 0 Å². The van der Waals surface area contributed by atoms with Crippen LogP contribution < -0.4 is 11.1 Å². The van der Waals surface area contributed by atoms with Crippen LogP contribution in [0.5, 0.6) is 0 Å². The van der Waals surface area contributed by atoms with Crippen molar-refractivity contribution in [3.63, 3.8) is 0 Å². The number of amides is 1. The second-order valence-electron chi connectivity index (χ2n) is 5.23. The molecule has 0 aliphatic rings. The Morgan fingerprint density at radius 1 is 1.52 bits per heavy atom. The third kappa shape index (κ3) is 3.92. The molecule has 0 radical (unpaired) electrons. The zero-order valence-corrected chi connectivity index (χ0v) is 13.5. The van der Waals surface area contributed by atoms with Gasteiger partial charge in [0.15, 0.2) is 5.13 Å². The molecule has 3 N–H and O–H groups in total. The summed E-state index contributed by atoms with van der Waals surface area (Å²) in [6.45, 7) is 5.83. The Balaban J connectivity index is 1.92. The topological polar surface area (TPSA) is 71.2 Å². The van der Waals surface area contributed by atoms with E-state index >= 15 is 0 Å². The van der Waals surface area contributed by atoms with Gasteiger partial charge in [0.25, 0.3) is 5.91 Å². The molecule has 1 aromatic carbocycles. The lowest BCUT2D eigenvalue weighted by molar-refractivity contribution is 0.0947. The van der Waals surface area contributed by atoms with E-state index in [2.05, 4.69) is 36.1 Å². The van der Waals surface area contributed by atoms with Gasteiger partial charge in [-0.1, -0.05) is 18.3 Å². The third-order valence-corrected chi connectivity index (χ3v) is 4.61. The smallest absolute Gasteiger partial charge is 0.251 e. The van der Waals surface area contributed by atoms with E-state index in [0.29, 0.717) is 23.3 Å². The van der Waals surface area contributed by atoms with Crippen molar-refractivity contribution in [3.8, 4) is 0 Å².